The second kappa shape index (κ2) is 3.91. The molecule has 0 saturated heterocycles. The van der Waals surface area contributed by atoms with Crippen molar-refractivity contribution in [1.29, 1.82) is 0 Å². The maximum atomic E-state index is 11.7. The van der Waals surface area contributed by atoms with Crippen molar-refractivity contribution in [2.75, 3.05) is 5.32 Å². The number of carbonyl (C=O) groups excluding carboxylic acids is 1. The molecule has 2 aromatic heterocycles. The van der Waals surface area contributed by atoms with Gasteiger partial charge in [0.15, 0.2) is 0 Å². The number of H-pyrrole nitrogens is 1. The maximum absolute atomic E-state index is 11.7. The number of aromatic amines is 1. The number of amides is 1. The zero-order valence-electron chi connectivity index (χ0n) is 8.19. The average Bonchev–Trinajstić information content (AvgIpc) is 2.70. The standard InChI is InChI=1S/C10H10N4O/c1-7-2-8(4-11-3-7)10(15)14-9-5-12-13-6-9/h2-6H,1H3,(H,12,13)(H,14,15). The van der Waals surface area contributed by atoms with Gasteiger partial charge in [0.2, 0.25) is 0 Å². The van der Waals surface area contributed by atoms with E-state index in [1.807, 2.05) is 6.92 Å². The monoisotopic (exact) mass is 202 g/mol. The normalized spacial score (nSPS) is 9.93. The third kappa shape index (κ3) is 2.19. The van der Waals surface area contributed by atoms with E-state index in [1.165, 1.54) is 6.20 Å². The first kappa shape index (κ1) is 9.39. The predicted octanol–water partition coefficient (Wildman–Crippen LogP) is 1.37. The number of nitrogens with zero attached hydrogens (tertiary/aromatic N) is 2. The van der Waals surface area contributed by atoms with Gasteiger partial charge in [-0.2, -0.15) is 5.10 Å². The van der Waals surface area contributed by atoms with E-state index in [2.05, 4.69) is 20.5 Å². The topological polar surface area (TPSA) is 70.7 Å². The molecule has 5 heteroatoms. The molecule has 0 aromatic carbocycles. The molecule has 2 rings (SSSR count). The fourth-order valence-electron chi connectivity index (χ4n) is 1.20. The summed E-state index contributed by atoms with van der Waals surface area (Å²) in [5, 5.41) is 9.04. The number of carbonyl (C=O) groups is 1. The molecule has 2 heterocycles. The molecule has 5 nitrogen and oxygen atoms in total. The molecule has 15 heavy (non-hydrogen) atoms. The van der Waals surface area contributed by atoms with Gasteiger partial charge in [0.25, 0.3) is 5.91 Å². The molecule has 2 aromatic rings. The largest absolute Gasteiger partial charge is 0.319 e. The number of nitrogens with one attached hydrogen (secondary N) is 2. The molecule has 0 radical (unpaired) electrons. The lowest BCUT2D eigenvalue weighted by Gasteiger charge is -2.01. The van der Waals surface area contributed by atoms with Gasteiger partial charge in [-0.1, -0.05) is 0 Å². The molecule has 0 aliphatic rings. The number of aryl methyl sites for hydroxylation is 1. The second-order valence-corrected chi connectivity index (χ2v) is 3.19. The number of rotatable bonds is 2. The van der Waals surface area contributed by atoms with Crippen LogP contribution in [0.15, 0.2) is 30.9 Å². The zero-order chi connectivity index (χ0) is 10.7. The van der Waals surface area contributed by atoms with Crippen molar-refractivity contribution < 1.29 is 4.79 Å². The molecule has 0 aliphatic heterocycles. The number of anilines is 1. The highest BCUT2D eigenvalue weighted by molar-refractivity contribution is 6.03. The Morgan fingerprint density at radius 2 is 2.27 bits per heavy atom. The van der Waals surface area contributed by atoms with Gasteiger partial charge in [0.1, 0.15) is 0 Å². The van der Waals surface area contributed by atoms with Crippen molar-refractivity contribution >= 4 is 11.6 Å². The van der Waals surface area contributed by atoms with Gasteiger partial charge in [0, 0.05) is 18.6 Å². The number of hydrogen-bond acceptors (Lipinski definition) is 3. The SMILES string of the molecule is Cc1cncc(C(=O)Nc2cn[nH]c2)c1. The Morgan fingerprint density at radius 1 is 1.40 bits per heavy atom. The Morgan fingerprint density at radius 3 is 2.93 bits per heavy atom. The molecule has 0 fully saturated rings. The van der Waals surface area contributed by atoms with Gasteiger partial charge >= 0.3 is 0 Å². The third-order valence-electron chi connectivity index (χ3n) is 1.89. The van der Waals surface area contributed by atoms with Crippen molar-refractivity contribution in [1.82, 2.24) is 15.2 Å². The van der Waals surface area contributed by atoms with Crippen molar-refractivity contribution in [3.63, 3.8) is 0 Å². The molecular formula is C10H10N4O. The van der Waals surface area contributed by atoms with Crippen molar-refractivity contribution in [2.24, 2.45) is 0 Å². The van der Waals surface area contributed by atoms with E-state index in [1.54, 1.807) is 24.7 Å². The lowest BCUT2D eigenvalue weighted by Crippen LogP contribution is -2.11. The van der Waals surface area contributed by atoms with Crippen LogP contribution in [0, 0.1) is 6.92 Å². The number of pyridine rings is 1. The summed E-state index contributed by atoms with van der Waals surface area (Å²) in [6, 6.07) is 1.78. The lowest BCUT2D eigenvalue weighted by atomic mass is 10.2. The van der Waals surface area contributed by atoms with Crippen LogP contribution in [0.3, 0.4) is 0 Å². The molecule has 2 N–H and O–H groups in total. The minimum absolute atomic E-state index is 0.187. The van der Waals surface area contributed by atoms with E-state index in [0.29, 0.717) is 11.3 Å². The number of aromatic nitrogens is 3. The Kier molecular flexibility index (Phi) is 2.45. The molecule has 76 valence electrons. The summed E-state index contributed by atoms with van der Waals surface area (Å²) in [7, 11) is 0. The Bertz CT molecular complexity index is 464. The summed E-state index contributed by atoms with van der Waals surface area (Å²) >= 11 is 0. The van der Waals surface area contributed by atoms with Crippen LogP contribution in [0.5, 0.6) is 0 Å². The van der Waals surface area contributed by atoms with Gasteiger partial charge in [-0.3, -0.25) is 14.9 Å². The molecule has 0 aliphatic carbocycles. The molecule has 0 spiro atoms. The molecule has 0 atom stereocenters. The number of hydrogen-bond donors (Lipinski definition) is 2. The molecule has 0 saturated carbocycles. The average molecular weight is 202 g/mol. The first-order valence-corrected chi connectivity index (χ1v) is 4.47. The summed E-state index contributed by atoms with van der Waals surface area (Å²) in [5.41, 5.74) is 2.13. The maximum Gasteiger partial charge on any atom is 0.257 e. The highest BCUT2D eigenvalue weighted by Gasteiger charge is 2.06. The third-order valence-corrected chi connectivity index (χ3v) is 1.89. The molecular weight excluding hydrogens is 192 g/mol. The van der Waals surface area contributed by atoms with Gasteiger partial charge in [-0.25, -0.2) is 0 Å². The van der Waals surface area contributed by atoms with Crippen molar-refractivity contribution in [3.8, 4) is 0 Å². The zero-order valence-corrected chi connectivity index (χ0v) is 8.19. The minimum atomic E-state index is -0.187. The van der Waals surface area contributed by atoms with Crippen LogP contribution >= 0.6 is 0 Å². The molecule has 0 bridgehead atoms. The Labute approximate surface area is 86.5 Å². The summed E-state index contributed by atoms with van der Waals surface area (Å²) in [6.45, 7) is 1.89. The predicted molar refractivity (Wildman–Crippen MR) is 55.5 cm³/mol. The fraction of sp³-hybridized carbons (Fsp3) is 0.100. The molecule has 0 unspecified atom stereocenters. The molecule has 1 amide bonds. The van der Waals surface area contributed by atoms with Crippen molar-refractivity contribution in [2.45, 2.75) is 6.92 Å². The smallest absolute Gasteiger partial charge is 0.257 e. The van der Waals surface area contributed by atoms with E-state index >= 15 is 0 Å². The van der Waals surface area contributed by atoms with Crippen LogP contribution < -0.4 is 5.32 Å². The Balaban J connectivity index is 2.15. The van der Waals surface area contributed by atoms with Crippen LogP contribution in [-0.2, 0) is 0 Å². The first-order chi connectivity index (χ1) is 7.25. The quantitative estimate of drug-likeness (QED) is 0.772. The van der Waals surface area contributed by atoms with E-state index in [9.17, 15) is 4.79 Å². The second-order valence-electron chi connectivity index (χ2n) is 3.19. The summed E-state index contributed by atoms with van der Waals surface area (Å²) < 4.78 is 0. The van der Waals surface area contributed by atoms with E-state index < -0.39 is 0 Å². The van der Waals surface area contributed by atoms with Gasteiger partial charge < -0.3 is 5.32 Å². The van der Waals surface area contributed by atoms with Gasteiger partial charge in [0.05, 0.1) is 17.4 Å². The van der Waals surface area contributed by atoms with Crippen LogP contribution in [0.1, 0.15) is 15.9 Å². The highest BCUT2D eigenvalue weighted by atomic mass is 16.1. The van der Waals surface area contributed by atoms with Crippen LogP contribution in [0.4, 0.5) is 5.69 Å². The van der Waals surface area contributed by atoms with E-state index in [0.717, 1.165) is 5.56 Å². The minimum Gasteiger partial charge on any atom is -0.319 e. The van der Waals surface area contributed by atoms with Gasteiger partial charge in [-0.05, 0) is 18.6 Å². The summed E-state index contributed by atoms with van der Waals surface area (Å²) in [6.07, 6.45) is 6.39. The highest BCUT2D eigenvalue weighted by Crippen LogP contribution is 2.06. The van der Waals surface area contributed by atoms with Gasteiger partial charge in [-0.15, -0.1) is 0 Å². The van der Waals surface area contributed by atoms with Crippen LogP contribution in [0.2, 0.25) is 0 Å². The lowest BCUT2D eigenvalue weighted by molar-refractivity contribution is 0.102. The van der Waals surface area contributed by atoms with Crippen LogP contribution in [-0.4, -0.2) is 21.1 Å². The summed E-state index contributed by atoms with van der Waals surface area (Å²) in [4.78, 5) is 15.6. The fourth-order valence-corrected chi connectivity index (χ4v) is 1.20. The van der Waals surface area contributed by atoms with E-state index in [4.69, 9.17) is 0 Å². The van der Waals surface area contributed by atoms with Crippen LogP contribution in [0.25, 0.3) is 0 Å². The Hall–Kier alpha value is -2.17. The summed E-state index contributed by atoms with van der Waals surface area (Å²) in [5.74, 6) is -0.187. The van der Waals surface area contributed by atoms with Crippen molar-refractivity contribution in [3.05, 3.63) is 42.0 Å². The van der Waals surface area contributed by atoms with E-state index in [-0.39, 0.29) is 5.91 Å². The first-order valence-electron chi connectivity index (χ1n) is 4.47.